The highest BCUT2D eigenvalue weighted by atomic mass is 16.5. The average Bonchev–Trinajstić information content (AvgIpc) is 2.43. The first kappa shape index (κ1) is 10.1. The largest absolute Gasteiger partial charge is 0.372 e. The molecule has 0 spiro atoms. The number of aromatic nitrogens is 3. The van der Waals surface area contributed by atoms with Gasteiger partial charge >= 0.3 is 0 Å². The van der Waals surface area contributed by atoms with Gasteiger partial charge in [-0.15, -0.1) is 10.2 Å². The van der Waals surface area contributed by atoms with Crippen LogP contribution in [0.25, 0.3) is 0 Å². The van der Waals surface area contributed by atoms with E-state index < -0.39 is 0 Å². The number of rotatable bonds is 5. The maximum Gasteiger partial charge on any atom is 0.158 e. The second kappa shape index (κ2) is 4.94. The molecule has 0 fully saturated rings. The summed E-state index contributed by atoms with van der Waals surface area (Å²) in [5.41, 5.74) is 0. The van der Waals surface area contributed by atoms with E-state index in [0.29, 0.717) is 13.2 Å². The molecule has 1 heterocycles. The summed E-state index contributed by atoms with van der Waals surface area (Å²) in [6, 6.07) is 0. The Kier molecular flexibility index (Phi) is 3.85. The van der Waals surface area contributed by atoms with Gasteiger partial charge in [-0.05, 0) is 14.0 Å². The summed E-state index contributed by atoms with van der Waals surface area (Å²) in [5.74, 6) is 1.78. The van der Waals surface area contributed by atoms with Gasteiger partial charge in [0.1, 0.15) is 12.4 Å². The van der Waals surface area contributed by atoms with Crippen molar-refractivity contribution < 1.29 is 4.74 Å². The van der Waals surface area contributed by atoms with Crippen molar-refractivity contribution in [2.75, 3.05) is 20.2 Å². The molecule has 0 aliphatic heterocycles. The molecular weight excluding hydrogens is 168 g/mol. The summed E-state index contributed by atoms with van der Waals surface area (Å²) in [4.78, 5) is 0. The fraction of sp³-hybridized carbons (Fsp3) is 0.750. The van der Waals surface area contributed by atoms with Crippen molar-refractivity contribution in [3.05, 3.63) is 11.6 Å². The molecule has 1 N–H and O–H groups in total. The minimum atomic E-state index is 0.527. The molecule has 0 unspecified atom stereocenters. The fourth-order valence-electron chi connectivity index (χ4n) is 0.914. The Morgan fingerprint density at radius 1 is 1.46 bits per heavy atom. The van der Waals surface area contributed by atoms with Crippen LogP contribution in [0.15, 0.2) is 0 Å². The molecule has 0 aliphatic carbocycles. The summed E-state index contributed by atoms with van der Waals surface area (Å²) in [6.07, 6.45) is 0. The third kappa shape index (κ3) is 2.78. The molecule has 0 aliphatic rings. The van der Waals surface area contributed by atoms with Gasteiger partial charge in [0.05, 0.1) is 6.61 Å². The van der Waals surface area contributed by atoms with Crippen LogP contribution >= 0.6 is 0 Å². The molecular formula is C8H16N4O. The van der Waals surface area contributed by atoms with E-state index in [4.69, 9.17) is 4.74 Å². The maximum atomic E-state index is 5.37. The first-order valence-electron chi connectivity index (χ1n) is 4.33. The Hall–Kier alpha value is -0.940. The topological polar surface area (TPSA) is 52.0 Å². The molecule has 0 amide bonds. The molecule has 0 aromatic carbocycles. The van der Waals surface area contributed by atoms with Crippen LogP contribution in [0.1, 0.15) is 11.6 Å². The number of nitrogens with one attached hydrogen (secondary N) is 1. The molecule has 0 bridgehead atoms. The monoisotopic (exact) mass is 184 g/mol. The lowest BCUT2D eigenvalue weighted by Crippen LogP contribution is -2.14. The molecule has 0 saturated carbocycles. The minimum absolute atomic E-state index is 0.527. The van der Waals surface area contributed by atoms with Crippen molar-refractivity contribution in [1.29, 1.82) is 0 Å². The van der Waals surface area contributed by atoms with Gasteiger partial charge in [0, 0.05) is 13.6 Å². The third-order valence-corrected chi connectivity index (χ3v) is 1.91. The highest BCUT2D eigenvalue weighted by Gasteiger charge is 2.03. The number of hydrogen-bond acceptors (Lipinski definition) is 4. The summed E-state index contributed by atoms with van der Waals surface area (Å²) >= 11 is 0. The number of hydrogen-bond donors (Lipinski definition) is 1. The number of likely N-dealkylation sites (N-methyl/N-ethyl adjacent to an activating group) is 1. The maximum absolute atomic E-state index is 5.37. The van der Waals surface area contributed by atoms with Crippen LogP contribution in [-0.2, 0) is 18.4 Å². The van der Waals surface area contributed by atoms with E-state index in [2.05, 4.69) is 15.5 Å². The molecule has 0 atom stereocenters. The zero-order valence-electron chi connectivity index (χ0n) is 8.37. The van der Waals surface area contributed by atoms with Crippen LogP contribution < -0.4 is 5.32 Å². The molecule has 13 heavy (non-hydrogen) atoms. The van der Waals surface area contributed by atoms with Crippen LogP contribution in [0.5, 0.6) is 0 Å². The van der Waals surface area contributed by atoms with Crippen LogP contribution in [0.4, 0.5) is 0 Å². The quantitative estimate of drug-likeness (QED) is 0.647. The van der Waals surface area contributed by atoms with Gasteiger partial charge < -0.3 is 14.6 Å². The van der Waals surface area contributed by atoms with E-state index in [-0.39, 0.29) is 0 Å². The van der Waals surface area contributed by atoms with E-state index in [0.717, 1.165) is 18.2 Å². The minimum Gasteiger partial charge on any atom is -0.372 e. The SMILES string of the molecule is CNCCOCc1nnc(C)n1C. The predicted octanol–water partition coefficient (Wildman–Crippen LogP) is -0.140. The fourth-order valence-corrected chi connectivity index (χ4v) is 0.914. The van der Waals surface area contributed by atoms with E-state index in [1.807, 2.05) is 25.6 Å². The van der Waals surface area contributed by atoms with Crippen LogP contribution in [0.2, 0.25) is 0 Å². The van der Waals surface area contributed by atoms with Gasteiger partial charge in [-0.2, -0.15) is 0 Å². The summed E-state index contributed by atoms with van der Waals surface area (Å²) in [6.45, 7) is 4.00. The lowest BCUT2D eigenvalue weighted by molar-refractivity contribution is 0.116. The first-order chi connectivity index (χ1) is 6.25. The molecule has 1 rings (SSSR count). The number of nitrogens with zero attached hydrogens (tertiary/aromatic N) is 3. The molecule has 74 valence electrons. The van der Waals surface area contributed by atoms with E-state index >= 15 is 0 Å². The van der Waals surface area contributed by atoms with E-state index in [1.165, 1.54) is 0 Å². The normalized spacial score (nSPS) is 10.7. The van der Waals surface area contributed by atoms with Crippen LogP contribution in [0.3, 0.4) is 0 Å². The van der Waals surface area contributed by atoms with Gasteiger partial charge in [-0.3, -0.25) is 0 Å². The predicted molar refractivity (Wildman–Crippen MR) is 49.3 cm³/mol. The molecule has 0 saturated heterocycles. The van der Waals surface area contributed by atoms with E-state index in [1.54, 1.807) is 0 Å². The van der Waals surface area contributed by atoms with Gasteiger partial charge in [0.15, 0.2) is 5.82 Å². The van der Waals surface area contributed by atoms with Gasteiger partial charge in [-0.1, -0.05) is 0 Å². The highest BCUT2D eigenvalue weighted by Crippen LogP contribution is 1.98. The Labute approximate surface area is 78.1 Å². The summed E-state index contributed by atoms with van der Waals surface area (Å²) in [5, 5.41) is 10.9. The molecule has 1 aromatic rings. The van der Waals surface area contributed by atoms with E-state index in [9.17, 15) is 0 Å². The Balaban J connectivity index is 2.32. The Morgan fingerprint density at radius 3 is 2.77 bits per heavy atom. The molecule has 0 radical (unpaired) electrons. The van der Waals surface area contributed by atoms with Crippen molar-refractivity contribution in [3.63, 3.8) is 0 Å². The van der Waals surface area contributed by atoms with Crippen molar-refractivity contribution in [1.82, 2.24) is 20.1 Å². The second-order valence-corrected chi connectivity index (χ2v) is 2.88. The number of aryl methyl sites for hydroxylation is 1. The standard InChI is InChI=1S/C8H16N4O/c1-7-10-11-8(12(7)3)6-13-5-4-9-2/h9H,4-6H2,1-3H3. The zero-order valence-corrected chi connectivity index (χ0v) is 8.37. The van der Waals surface area contributed by atoms with Gasteiger partial charge in [0.25, 0.3) is 0 Å². The van der Waals surface area contributed by atoms with Crippen LogP contribution in [0, 0.1) is 6.92 Å². The lowest BCUT2D eigenvalue weighted by atomic mass is 10.6. The van der Waals surface area contributed by atoms with Crippen molar-refractivity contribution in [3.8, 4) is 0 Å². The van der Waals surface area contributed by atoms with Crippen molar-refractivity contribution in [2.24, 2.45) is 7.05 Å². The highest BCUT2D eigenvalue weighted by molar-refractivity contribution is 4.90. The first-order valence-corrected chi connectivity index (χ1v) is 4.33. The van der Waals surface area contributed by atoms with Gasteiger partial charge in [0.2, 0.25) is 0 Å². The Bertz CT molecular complexity index is 259. The molecule has 5 nitrogen and oxygen atoms in total. The number of ether oxygens (including phenoxy) is 1. The van der Waals surface area contributed by atoms with Crippen molar-refractivity contribution in [2.45, 2.75) is 13.5 Å². The zero-order chi connectivity index (χ0) is 9.68. The summed E-state index contributed by atoms with van der Waals surface area (Å²) < 4.78 is 7.30. The summed E-state index contributed by atoms with van der Waals surface area (Å²) in [7, 11) is 3.84. The second-order valence-electron chi connectivity index (χ2n) is 2.88. The van der Waals surface area contributed by atoms with Gasteiger partial charge in [-0.25, -0.2) is 0 Å². The lowest BCUT2D eigenvalue weighted by Gasteiger charge is -2.03. The molecule has 1 aromatic heterocycles. The smallest absolute Gasteiger partial charge is 0.158 e. The van der Waals surface area contributed by atoms with Crippen LogP contribution in [-0.4, -0.2) is 35.0 Å². The molecule has 5 heteroatoms. The third-order valence-electron chi connectivity index (χ3n) is 1.91. The Morgan fingerprint density at radius 2 is 2.23 bits per heavy atom. The average molecular weight is 184 g/mol. The van der Waals surface area contributed by atoms with Crippen molar-refractivity contribution >= 4 is 0 Å².